The quantitative estimate of drug-likeness (QED) is 0.444. The van der Waals surface area contributed by atoms with Gasteiger partial charge in [0.25, 0.3) is 0 Å². The smallest absolute Gasteiger partial charge is 0.330 e. The highest BCUT2D eigenvalue weighted by atomic mass is 16.4. The summed E-state index contributed by atoms with van der Waals surface area (Å²) in [5.74, 6) is 0.315. The highest BCUT2D eigenvalue weighted by Gasteiger charge is 1.90. The molecule has 0 aliphatic heterocycles. The molecule has 0 bridgehead atoms. The third-order valence-corrected chi connectivity index (χ3v) is 0.365. The van der Waals surface area contributed by atoms with Crippen molar-refractivity contribution >= 4 is 18.7 Å². The molecule has 0 aromatic heterocycles. The van der Waals surface area contributed by atoms with Gasteiger partial charge in [0.2, 0.25) is 0 Å². The zero-order valence-electron chi connectivity index (χ0n) is 6.29. The molecule has 0 atom stereocenters. The van der Waals surface area contributed by atoms with Crippen LogP contribution in [0.4, 0.5) is 0 Å². The van der Waals surface area contributed by atoms with Gasteiger partial charge in [-0.3, -0.25) is 0 Å². The fourth-order valence-corrected chi connectivity index (χ4v) is 0. The minimum atomic E-state index is -0.935. The summed E-state index contributed by atoms with van der Waals surface area (Å²) in [6, 6.07) is 0. The molecule has 62 valence electrons. The maximum atomic E-state index is 9.60. The third kappa shape index (κ3) is 61.5. The summed E-state index contributed by atoms with van der Waals surface area (Å²) in [4.78, 5) is 26.2. The molecule has 4 nitrogen and oxygen atoms in total. The monoisotopic (exact) mass is 158 g/mol. The number of rotatable bonds is 1. The van der Waals surface area contributed by atoms with Crippen molar-refractivity contribution in [3.8, 4) is 0 Å². The molecule has 0 aromatic carbocycles. The van der Waals surface area contributed by atoms with E-state index in [1.807, 2.05) is 6.79 Å². The molecule has 0 saturated carbocycles. The highest BCUT2D eigenvalue weighted by Crippen LogP contribution is 1.81. The molecule has 0 rings (SSSR count). The standard InChI is InChI=1S/C4H6O2.C2H2O.CH2O/c1-3(2)4(5)6;1-2-3;1-2/h1H2,2H3,(H,5,6);1H2;1H2. The van der Waals surface area contributed by atoms with Gasteiger partial charge < -0.3 is 9.90 Å². The summed E-state index contributed by atoms with van der Waals surface area (Å²) < 4.78 is 0. The number of carbonyl (C=O) groups is 2. The molecule has 11 heavy (non-hydrogen) atoms. The highest BCUT2D eigenvalue weighted by molar-refractivity contribution is 5.84. The number of carboxylic acids is 1. The Morgan fingerprint density at radius 1 is 1.45 bits per heavy atom. The molecule has 0 radical (unpaired) electrons. The third-order valence-electron chi connectivity index (χ3n) is 0.365. The van der Waals surface area contributed by atoms with Crippen molar-refractivity contribution in [3.05, 3.63) is 18.7 Å². The fourth-order valence-electron chi connectivity index (χ4n) is 0. The molecule has 0 spiro atoms. The van der Waals surface area contributed by atoms with Crippen molar-refractivity contribution < 1.29 is 19.5 Å². The maximum absolute atomic E-state index is 9.60. The normalized spacial score (nSPS) is 5.18. The Morgan fingerprint density at radius 3 is 1.55 bits per heavy atom. The van der Waals surface area contributed by atoms with Crippen LogP contribution in [-0.2, 0) is 14.4 Å². The van der Waals surface area contributed by atoms with Crippen molar-refractivity contribution in [3.63, 3.8) is 0 Å². The number of hydrogen-bond donors (Lipinski definition) is 1. The van der Waals surface area contributed by atoms with Gasteiger partial charge in [0.15, 0.2) is 0 Å². The Labute approximate surface area is 64.8 Å². The van der Waals surface area contributed by atoms with Gasteiger partial charge in [-0.1, -0.05) is 6.58 Å². The van der Waals surface area contributed by atoms with Gasteiger partial charge in [0.05, 0.1) is 0 Å². The van der Waals surface area contributed by atoms with E-state index in [4.69, 9.17) is 14.7 Å². The second kappa shape index (κ2) is 15.8. The zero-order valence-corrected chi connectivity index (χ0v) is 6.29. The molecule has 0 heterocycles. The van der Waals surface area contributed by atoms with E-state index in [2.05, 4.69) is 13.2 Å². The summed E-state index contributed by atoms with van der Waals surface area (Å²) >= 11 is 0. The van der Waals surface area contributed by atoms with Crippen LogP contribution in [-0.4, -0.2) is 23.8 Å². The second-order valence-corrected chi connectivity index (χ2v) is 1.23. The van der Waals surface area contributed by atoms with Crippen molar-refractivity contribution in [1.82, 2.24) is 0 Å². The Bertz CT molecular complexity index is 142. The summed E-state index contributed by atoms with van der Waals surface area (Å²) in [5.41, 5.74) is 0.176. The predicted octanol–water partition coefficient (Wildman–Crippen LogP) is 0.466. The molecule has 0 unspecified atom stereocenters. The van der Waals surface area contributed by atoms with E-state index >= 15 is 0 Å². The number of carboxylic acid groups (broad SMARTS) is 1. The lowest BCUT2D eigenvalue weighted by Gasteiger charge is -1.79. The topological polar surface area (TPSA) is 71.4 Å². The van der Waals surface area contributed by atoms with E-state index in [0.717, 1.165) is 0 Å². The predicted molar refractivity (Wildman–Crippen MR) is 40.9 cm³/mol. The lowest BCUT2D eigenvalue weighted by molar-refractivity contribution is -0.132. The summed E-state index contributed by atoms with van der Waals surface area (Å²) in [7, 11) is 0. The lowest BCUT2D eigenvalue weighted by atomic mass is 10.4. The number of hydrogen-bond acceptors (Lipinski definition) is 3. The van der Waals surface area contributed by atoms with Crippen LogP contribution in [0.1, 0.15) is 6.92 Å². The van der Waals surface area contributed by atoms with Gasteiger partial charge >= 0.3 is 5.97 Å². The van der Waals surface area contributed by atoms with Gasteiger partial charge in [-0.25, -0.2) is 9.59 Å². The first-order chi connectivity index (χ1) is 5.06. The maximum Gasteiger partial charge on any atom is 0.330 e. The van der Waals surface area contributed by atoms with E-state index < -0.39 is 5.97 Å². The SMILES string of the molecule is C=C(C)C(=O)O.C=C=O.C=O. The largest absolute Gasteiger partial charge is 0.478 e. The Balaban J connectivity index is -0.000000109. The summed E-state index contributed by atoms with van der Waals surface area (Å²) in [6.45, 7) is 9.28. The van der Waals surface area contributed by atoms with Crippen LogP contribution < -0.4 is 0 Å². The van der Waals surface area contributed by atoms with Crippen LogP contribution in [0, 0.1) is 0 Å². The van der Waals surface area contributed by atoms with Gasteiger partial charge in [0, 0.05) is 5.57 Å². The first kappa shape index (κ1) is 16.2. The van der Waals surface area contributed by atoms with Crippen LogP contribution >= 0.6 is 0 Å². The van der Waals surface area contributed by atoms with Gasteiger partial charge in [-0.2, -0.15) is 0 Å². The fraction of sp³-hybridized carbons (Fsp3) is 0.143. The van der Waals surface area contributed by atoms with Crippen molar-refractivity contribution in [2.75, 3.05) is 0 Å². The Morgan fingerprint density at radius 2 is 1.55 bits per heavy atom. The molecule has 0 fully saturated rings. The van der Waals surface area contributed by atoms with E-state index in [1.165, 1.54) is 12.9 Å². The average molecular weight is 158 g/mol. The van der Waals surface area contributed by atoms with Crippen LogP contribution in [0.5, 0.6) is 0 Å². The average Bonchev–Trinajstić information content (AvgIpc) is 1.93. The van der Waals surface area contributed by atoms with E-state index in [1.54, 1.807) is 0 Å². The molecule has 0 aliphatic carbocycles. The van der Waals surface area contributed by atoms with Crippen LogP contribution in [0.15, 0.2) is 18.7 Å². The van der Waals surface area contributed by atoms with Gasteiger partial charge in [-0.15, -0.1) is 0 Å². The molecular formula is C7H10O4. The van der Waals surface area contributed by atoms with Gasteiger partial charge in [0.1, 0.15) is 12.7 Å². The zero-order chi connectivity index (χ0) is 9.86. The molecule has 0 aromatic rings. The lowest BCUT2D eigenvalue weighted by Crippen LogP contribution is -1.92. The molecule has 1 N–H and O–H groups in total. The minimum Gasteiger partial charge on any atom is -0.478 e. The van der Waals surface area contributed by atoms with E-state index in [9.17, 15) is 4.79 Å². The second-order valence-electron chi connectivity index (χ2n) is 1.23. The summed E-state index contributed by atoms with van der Waals surface area (Å²) in [6.07, 6.45) is 0. The first-order valence-corrected chi connectivity index (χ1v) is 2.38. The van der Waals surface area contributed by atoms with Crippen LogP contribution in [0.2, 0.25) is 0 Å². The summed E-state index contributed by atoms with van der Waals surface area (Å²) in [5, 5.41) is 7.89. The Hall–Kier alpha value is -1.67. The first-order valence-electron chi connectivity index (χ1n) is 2.38. The molecule has 4 heteroatoms. The van der Waals surface area contributed by atoms with E-state index in [-0.39, 0.29) is 5.57 Å². The van der Waals surface area contributed by atoms with Crippen molar-refractivity contribution in [2.45, 2.75) is 6.92 Å². The van der Waals surface area contributed by atoms with Crippen LogP contribution in [0.25, 0.3) is 0 Å². The molecular weight excluding hydrogens is 148 g/mol. The Kier molecular flexibility index (Phi) is 23.1. The van der Waals surface area contributed by atoms with Gasteiger partial charge in [-0.05, 0) is 13.5 Å². The van der Waals surface area contributed by atoms with E-state index in [0.29, 0.717) is 0 Å². The molecule has 0 aliphatic rings. The van der Waals surface area contributed by atoms with Crippen molar-refractivity contribution in [1.29, 1.82) is 0 Å². The number of carbonyl (C=O) groups excluding carboxylic acids is 2. The minimum absolute atomic E-state index is 0.176. The molecule has 0 amide bonds. The molecule has 0 saturated heterocycles. The van der Waals surface area contributed by atoms with Crippen molar-refractivity contribution in [2.24, 2.45) is 0 Å². The number of aliphatic carboxylic acids is 1. The van der Waals surface area contributed by atoms with Crippen LogP contribution in [0.3, 0.4) is 0 Å².